The molecule has 2 aromatic rings. The van der Waals surface area contributed by atoms with Gasteiger partial charge in [-0.05, 0) is 24.3 Å². The fourth-order valence-electron chi connectivity index (χ4n) is 1.91. The Morgan fingerprint density at radius 1 is 1.36 bits per heavy atom. The number of benzene rings is 1. The van der Waals surface area contributed by atoms with E-state index in [2.05, 4.69) is 10.3 Å². The second-order valence-corrected chi connectivity index (χ2v) is 4.79. The van der Waals surface area contributed by atoms with Gasteiger partial charge in [0.2, 0.25) is 0 Å². The van der Waals surface area contributed by atoms with E-state index in [0.29, 0.717) is 11.3 Å². The molecule has 3 rings (SSSR count). The van der Waals surface area contributed by atoms with Crippen LogP contribution in [-0.4, -0.2) is 16.7 Å². The van der Waals surface area contributed by atoms with E-state index in [1.54, 1.807) is 18.2 Å². The molecule has 0 aliphatic carbocycles. The van der Waals surface area contributed by atoms with Gasteiger partial charge in [0.05, 0.1) is 11.2 Å². The molecule has 0 saturated carbocycles. The summed E-state index contributed by atoms with van der Waals surface area (Å²) in [5.41, 5.74) is 0.300. The maximum absolute atomic E-state index is 11.9. The number of nitrogens with zero attached hydrogens (tertiary/aromatic N) is 2. The largest absolute Gasteiger partial charge is 0.465 e. The SMILES string of the molecule is O=C1NC(c2ccc(Cl)c([N+](=O)[O-])c2)=N/C1=C\c1ccco1. The number of hydrogen-bond acceptors (Lipinski definition) is 5. The van der Waals surface area contributed by atoms with Crippen LogP contribution in [0.4, 0.5) is 5.69 Å². The molecule has 1 amide bonds. The summed E-state index contributed by atoms with van der Waals surface area (Å²) in [5, 5.41) is 13.5. The van der Waals surface area contributed by atoms with Crippen LogP contribution in [0.2, 0.25) is 5.02 Å². The lowest BCUT2D eigenvalue weighted by Crippen LogP contribution is -2.24. The molecule has 7 nitrogen and oxygen atoms in total. The van der Waals surface area contributed by atoms with Gasteiger partial charge in [-0.1, -0.05) is 11.6 Å². The summed E-state index contributed by atoms with van der Waals surface area (Å²) in [6.07, 6.45) is 2.96. The van der Waals surface area contributed by atoms with Crippen LogP contribution in [0.5, 0.6) is 0 Å². The van der Waals surface area contributed by atoms with E-state index in [0.717, 1.165) is 0 Å². The van der Waals surface area contributed by atoms with Crippen molar-refractivity contribution in [3.8, 4) is 0 Å². The molecule has 0 unspecified atom stereocenters. The highest BCUT2D eigenvalue weighted by molar-refractivity contribution is 6.33. The summed E-state index contributed by atoms with van der Waals surface area (Å²) >= 11 is 5.76. The summed E-state index contributed by atoms with van der Waals surface area (Å²) in [6.45, 7) is 0. The van der Waals surface area contributed by atoms with Crippen molar-refractivity contribution >= 4 is 35.1 Å². The highest BCUT2D eigenvalue weighted by atomic mass is 35.5. The highest BCUT2D eigenvalue weighted by Gasteiger charge is 2.23. The van der Waals surface area contributed by atoms with Crippen molar-refractivity contribution in [1.29, 1.82) is 0 Å². The molecule has 0 fully saturated rings. The van der Waals surface area contributed by atoms with Crippen molar-refractivity contribution in [1.82, 2.24) is 5.32 Å². The number of halogens is 1. The molecule has 0 bridgehead atoms. The summed E-state index contributed by atoms with van der Waals surface area (Å²) in [5.74, 6) is 0.295. The lowest BCUT2D eigenvalue weighted by Gasteiger charge is -2.01. The Labute approximate surface area is 129 Å². The molecule has 0 atom stereocenters. The molecule has 2 heterocycles. The van der Waals surface area contributed by atoms with E-state index in [1.807, 2.05) is 0 Å². The number of nitro benzene ring substituents is 1. The predicted octanol–water partition coefficient (Wildman–Crippen LogP) is 2.76. The third-order valence-corrected chi connectivity index (χ3v) is 3.25. The Hall–Kier alpha value is -2.93. The summed E-state index contributed by atoms with van der Waals surface area (Å²) in [7, 11) is 0. The summed E-state index contributed by atoms with van der Waals surface area (Å²) < 4.78 is 5.12. The first-order valence-corrected chi connectivity index (χ1v) is 6.52. The monoisotopic (exact) mass is 317 g/mol. The zero-order valence-corrected chi connectivity index (χ0v) is 11.7. The fourth-order valence-corrected chi connectivity index (χ4v) is 2.10. The number of amidine groups is 1. The topological polar surface area (TPSA) is 97.7 Å². The minimum absolute atomic E-state index is 0.0185. The van der Waals surface area contributed by atoms with Gasteiger partial charge in [-0.3, -0.25) is 14.9 Å². The molecule has 1 aromatic carbocycles. The van der Waals surface area contributed by atoms with Gasteiger partial charge >= 0.3 is 0 Å². The third-order valence-electron chi connectivity index (χ3n) is 2.94. The maximum atomic E-state index is 11.9. The van der Waals surface area contributed by atoms with Crippen molar-refractivity contribution in [3.63, 3.8) is 0 Å². The summed E-state index contributed by atoms with van der Waals surface area (Å²) in [4.78, 5) is 26.3. The molecule has 22 heavy (non-hydrogen) atoms. The molecule has 1 aliphatic rings. The minimum Gasteiger partial charge on any atom is -0.465 e. The van der Waals surface area contributed by atoms with E-state index in [9.17, 15) is 14.9 Å². The maximum Gasteiger partial charge on any atom is 0.288 e. The normalized spacial score (nSPS) is 15.8. The van der Waals surface area contributed by atoms with Crippen LogP contribution in [0, 0.1) is 10.1 Å². The Kier molecular flexibility index (Phi) is 3.48. The second kappa shape index (κ2) is 5.45. The Bertz CT molecular complexity index is 825. The molecule has 0 radical (unpaired) electrons. The third kappa shape index (κ3) is 2.61. The highest BCUT2D eigenvalue weighted by Crippen LogP contribution is 2.26. The van der Waals surface area contributed by atoms with Gasteiger partial charge in [-0.2, -0.15) is 0 Å². The zero-order valence-electron chi connectivity index (χ0n) is 10.9. The second-order valence-electron chi connectivity index (χ2n) is 4.38. The van der Waals surface area contributed by atoms with Crippen LogP contribution >= 0.6 is 11.6 Å². The molecule has 1 aromatic heterocycles. The van der Waals surface area contributed by atoms with Crippen LogP contribution in [0.1, 0.15) is 11.3 Å². The van der Waals surface area contributed by atoms with E-state index < -0.39 is 10.8 Å². The van der Waals surface area contributed by atoms with Crippen LogP contribution < -0.4 is 5.32 Å². The summed E-state index contributed by atoms with van der Waals surface area (Å²) in [6, 6.07) is 7.56. The van der Waals surface area contributed by atoms with E-state index in [1.165, 1.54) is 24.5 Å². The van der Waals surface area contributed by atoms with Crippen molar-refractivity contribution < 1.29 is 14.1 Å². The first-order valence-electron chi connectivity index (χ1n) is 6.14. The minimum atomic E-state index is -0.594. The van der Waals surface area contributed by atoms with E-state index >= 15 is 0 Å². The van der Waals surface area contributed by atoms with Crippen LogP contribution in [0.3, 0.4) is 0 Å². The first kappa shape index (κ1) is 14.0. The van der Waals surface area contributed by atoms with Gasteiger partial charge in [0, 0.05) is 17.7 Å². The first-order chi connectivity index (χ1) is 10.5. The fraction of sp³-hybridized carbons (Fsp3) is 0. The number of nitrogens with one attached hydrogen (secondary N) is 1. The number of furan rings is 1. The molecule has 0 saturated heterocycles. The Morgan fingerprint density at radius 2 is 2.18 bits per heavy atom. The van der Waals surface area contributed by atoms with Gasteiger partial charge in [-0.15, -0.1) is 0 Å². The van der Waals surface area contributed by atoms with Crippen molar-refractivity contribution in [3.05, 3.63) is 68.8 Å². The average Bonchev–Trinajstić information content (AvgIpc) is 3.10. The van der Waals surface area contributed by atoms with Crippen molar-refractivity contribution in [2.45, 2.75) is 0 Å². The van der Waals surface area contributed by atoms with Crippen molar-refractivity contribution in [2.24, 2.45) is 4.99 Å². The van der Waals surface area contributed by atoms with Gasteiger partial charge in [0.1, 0.15) is 22.3 Å². The molecular formula is C14H8ClN3O4. The van der Waals surface area contributed by atoms with Gasteiger partial charge in [-0.25, -0.2) is 4.99 Å². The van der Waals surface area contributed by atoms with Crippen LogP contribution in [0.15, 0.2) is 51.7 Å². The quantitative estimate of drug-likeness (QED) is 0.534. The molecule has 110 valence electrons. The average molecular weight is 318 g/mol. The lowest BCUT2D eigenvalue weighted by molar-refractivity contribution is -0.384. The number of aliphatic imine (C=N–C) groups is 1. The number of carbonyl (C=O) groups excluding carboxylic acids is 1. The molecule has 0 spiro atoms. The van der Waals surface area contributed by atoms with Gasteiger partial charge in [0.15, 0.2) is 0 Å². The van der Waals surface area contributed by atoms with Crippen LogP contribution in [-0.2, 0) is 4.79 Å². The van der Waals surface area contributed by atoms with Gasteiger partial charge < -0.3 is 9.73 Å². The smallest absolute Gasteiger partial charge is 0.288 e. The van der Waals surface area contributed by atoms with Crippen molar-refractivity contribution in [2.75, 3.05) is 0 Å². The number of hydrogen-bond donors (Lipinski definition) is 1. The molecule has 8 heteroatoms. The lowest BCUT2D eigenvalue weighted by atomic mass is 10.2. The number of carbonyl (C=O) groups is 1. The standard InChI is InChI=1S/C14H8ClN3O4/c15-10-4-3-8(6-12(10)18(20)21)13-16-11(14(19)17-13)7-9-2-1-5-22-9/h1-7H,(H,16,17,19)/b11-7-. The van der Waals surface area contributed by atoms with E-state index in [4.69, 9.17) is 16.0 Å². The number of rotatable bonds is 3. The molecular weight excluding hydrogens is 310 g/mol. The number of amides is 1. The van der Waals surface area contributed by atoms with Crippen LogP contribution in [0.25, 0.3) is 6.08 Å². The molecule has 1 aliphatic heterocycles. The predicted molar refractivity (Wildman–Crippen MR) is 79.5 cm³/mol. The molecule has 1 N–H and O–H groups in total. The Morgan fingerprint density at radius 3 is 2.86 bits per heavy atom. The Balaban J connectivity index is 1.98. The van der Waals surface area contributed by atoms with E-state index in [-0.39, 0.29) is 22.2 Å². The zero-order chi connectivity index (χ0) is 15.7. The van der Waals surface area contributed by atoms with Gasteiger partial charge in [0.25, 0.3) is 11.6 Å². The number of nitro groups is 1.